The molecule has 0 radical (unpaired) electrons. The van der Waals surface area contributed by atoms with Crippen LogP contribution >= 0.6 is 0 Å². The first-order chi connectivity index (χ1) is 12.6. The number of amides is 2. The number of aliphatic carboxylic acids is 1. The van der Waals surface area contributed by atoms with E-state index in [1.165, 1.54) is 30.3 Å². The first kappa shape index (κ1) is 20.2. The maximum Gasteiger partial charge on any atom is 0.326 e. The molecule has 10 nitrogen and oxygen atoms in total. The van der Waals surface area contributed by atoms with Crippen LogP contribution in [-0.4, -0.2) is 36.7 Å². The predicted octanol–water partition coefficient (Wildman–Crippen LogP) is 2.01. The van der Waals surface area contributed by atoms with Gasteiger partial charge in [0.25, 0.3) is 10.0 Å². The van der Waals surface area contributed by atoms with Crippen LogP contribution < -0.4 is 15.4 Å². The normalized spacial score (nSPS) is 12.4. The lowest BCUT2D eigenvalue weighted by Gasteiger charge is -2.18. The summed E-state index contributed by atoms with van der Waals surface area (Å²) in [6.45, 7) is 4.97. The van der Waals surface area contributed by atoms with Crippen molar-refractivity contribution in [2.45, 2.75) is 31.7 Å². The summed E-state index contributed by atoms with van der Waals surface area (Å²) in [7, 11) is -3.87. The fraction of sp³-hybridized carbons (Fsp3) is 0.312. The van der Waals surface area contributed by atoms with Crippen LogP contribution in [0.1, 0.15) is 19.6 Å². The zero-order chi connectivity index (χ0) is 20.2. The molecule has 0 spiro atoms. The maximum absolute atomic E-state index is 12.3. The number of sulfonamides is 1. The van der Waals surface area contributed by atoms with Crippen molar-refractivity contribution in [3.8, 4) is 0 Å². The zero-order valence-corrected chi connectivity index (χ0v) is 15.7. The number of nitrogens with one attached hydrogen (secondary N) is 3. The molecular weight excluding hydrogens is 376 g/mol. The minimum Gasteiger partial charge on any atom is -0.480 e. The highest BCUT2D eigenvalue weighted by molar-refractivity contribution is 7.92. The molecule has 11 heteroatoms. The number of aryl methyl sites for hydroxylation is 1. The summed E-state index contributed by atoms with van der Waals surface area (Å²) in [5, 5.41) is 17.4. The van der Waals surface area contributed by atoms with E-state index in [2.05, 4.69) is 20.5 Å². The van der Waals surface area contributed by atoms with E-state index >= 15 is 0 Å². The fourth-order valence-electron chi connectivity index (χ4n) is 2.15. The molecule has 0 saturated carbocycles. The molecule has 2 amide bonds. The maximum atomic E-state index is 12.3. The van der Waals surface area contributed by atoms with Gasteiger partial charge >= 0.3 is 12.0 Å². The lowest BCUT2D eigenvalue weighted by Crippen LogP contribution is -2.46. The van der Waals surface area contributed by atoms with Gasteiger partial charge in [-0.3, -0.25) is 4.72 Å². The summed E-state index contributed by atoms with van der Waals surface area (Å²) in [4.78, 5) is 23.0. The van der Waals surface area contributed by atoms with Gasteiger partial charge in [-0.05, 0) is 37.1 Å². The molecule has 1 aromatic heterocycles. The molecule has 2 rings (SSSR count). The van der Waals surface area contributed by atoms with Crippen molar-refractivity contribution in [2.24, 2.45) is 5.92 Å². The van der Waals surface area contributed by atoms with Crippen molar-refractivity contribution in [1.29, 1.82) is 0 Å². The molecule has 0 aliphatic heterocycles. The third-order valence-electron chi connectivity index (χ3n) is 3.51. The molecule has 1 heterocycles. The van der Waals surface area contributed by atoms with Gasteiger partial charge in [-0.1, -0.05) is 19.0 Å². The van der Waals surface area contributed by atoms with E-state index in [1.807, 2.05) is 0 Å². The van der Waals surface area contributed by atoms with Crippen LogP contribution in [0, 0.1) is 12.8 Å². The molecule has 0 saturated heterocycles. The molecule has 1 aromatic carbocycles. The molecule has 146 valence electrons. The quantitative estimate of drug-likeness (QED) is 0.559. The van der Waals surface area contributed by atoms with Crippen LogP contribution in [0.25, 0.3) is 0 Å². The summed E-state index contributed by atoms with van der Waals surface area (Å²) in [5.41, 5.74) is 0.302. The Balaban J connectivity index is 2.04. The second-order valence-corrected chi connectivity index (χ2v) is 7.79. The van der Waals surface area contributed by atoms with E-state index in [1.54, 1.807) is 20.8 Å². The van der Waals surface area contributed by atoms with Gasteiger partial charge in [-0.25, -0.2) is 18.0 Å². The van der Waals surface area contributed by atoms with Crippen LogP contribution in [-0.2, 0) is 14.8 Å². The Bertz CT molecular complexity index is 921. The highest BCUT2D eigenvalue weighted by Crippen LogP contribution is 2.18. The van der Waals surface area contributed by atoms with Crippen LogP contribution in [0.2, 0.25) is 0 Å². The molecule has 0 fully saturated rings. The van der Waals surface area contributed by atoms with Gasteiger partial charge in [0.05, 0.1) is 4.90 Å². The molecule has 2 aromatic rings. The number of urea groups is 1. The van der Waals surface area contributed by atoms with Crippen molar-refractivity contribution in [1.82, 2.24) is 10.5 Å². The van der Waals surface area contributed by atoms with Gasteiger partial charge in [0.2, 0.25) is 0 Å². The summed E-state index contributed by atoms with van der Waals surface area (Å²) in [6, 6.07) is 5.04. The molecule has 1 atom stereocenters. The minimum absolute atomic E-state index is 0.0419. The number of hydrogen-bond acceptors (Lipinski definition) is 6. The number of rotatable bonds is 7. The molecule has 0 bridgehead atoms. The number of carboxylic acid groups (broad SMARTS) is 1. The second kappa shape index (κ2) is 8.08. The SMILES string of the molecule is Cc1cc(NS(=O)(=O)c2ccc(NC(=O)N[C@H](C(=O)O)C(C)C)cc2)no1. The monoisotopic (exact) mass is 396 g/mol. The Morgan fingerprint density at radius 1 is 1.19 bits per heavy atom. The first-order valence-corrected chi connectivity index (χ1v) is 9.43. The van der Waals surface area contributed by atoms with Gasteiger partial charge < -0.3 is 20.3 Å². The lowest BCUT2D eigenvalue weighted by atomic mass is 10.1. The van der Waals surface area contributed by atoms with Crippen molar-refractivity contribution in [3.63, 3.8) is 0 Å². The van der Waals surface area contributed by atoms with Crippen LogP contribution in [0.3, 0.4) is 0 Å². The van der Waals surface area contributed by atoms with E-state index in [0.29, 0.717) is 11.4 Å². The second-order valence-electron chi connectivity index (χ2n) is 6.11. The van der Waals surface area contributed by atoms with Gasteiger partial charge in [-0.15, -0.1) is 0 Å². The lowest BCUT2D eigenvalue weighted by molar-refractivity contribution is -0.140. The molecule has 0 unspecified atom stereocenters. The fourth-order valence-corrected chi connectivity index (χ4v) is 3.13. The van der Waals surface area contributed by atoms with Crippen molar-refractivity contribution >= 4 is 33.5 Å². The number of anilines is 2. The molecule has 27 heavy (non-hydrogen) atoms. The highest BCUT2D eigenvalue weighted by Gasteiger charge is 2.23. The standard InChI is InChI=1S/C16H20N4O6S/c1-9(2)14(15(21)22)18-16(23)17-11-4-6-12(7-5-11)27(24,25)20-13-8-10(3)26-19-13/h4-9,14H,1-3H3,(H,19,20)(H,21,22)(H2,17,18,23)/t14-/m0/s1. The van der Waals surface area contributed by atoms with E-state index in [-0.39, 0.29) is 16.6 Å². The average Bonchev–Trinajstić information content (AvgIpc) is 2.96. The number of benzene rings is 1. The summed E-state index contributed by atoms with van der Waals surface area (Å²) >= 11 is 0. The Labute approximate surface area is 156 Å². The Kier molecular flexibility index (Phi) is 6.05. The molecule has 4 N–H and O–H groups in total. The highest BCUT2D eigenvalue weighted by atomic mass is 32.2. The number of carbonyl (C=O) groups excluding carboxylic acids is 1. The number of carboxylic acids is 1. The zero-order valence-electron chi connectivity index (χ0n) is 14.9. The summed E-state index contributed by atoms with van der Waals surface area (Å²) in [6.07, 6.45) is 0. The smallest absolute Gasteiger partial charge is 0.326 e. The van der Waals surface area contributed by atoms with E-state index in [0.717, 1.165) is 0 Å². The van der Waals surface area contributed by atoms with E-state index in [9.17, 15) is 18.0 Å². The van der Waals surface area contributed by atoms with Gasteiger partial charge in [0.1, 0.15) is 11.8 Å². The van der Waals surface area contributed by atoms with Gasteiger partial charge in [-0.2, -0.15) is 0 Å². The largest absolute Gasteiger partial charge is 0.480 e. The predicted molar refractivity (Wildman–Crippen MR) is 96.9 cm³/mol. The first-order valence-electron chi connectivity index (χ1n) is 7.95. The average molecular weight is 396 g/mol. The van der Waals surface area contributed by atoms with Crippen molar-refractivity contribution < 1.29 is 27.6 Å². The summed E-state index contributed by atoms with van der Waals surface area (Å²) in [5.74, 6) is -0.926. The number of nitrogens with zero attached hydrogens (tertiary/aromatic N) is 1. The minimum atomic E-state index is -3.87. The number of hydrogen-bond donors (Lipinski definition) is 4. The van der Waals surface area contributed by atoms with Crippen molar-refractivity contribution in [3.05, 3.63) is 36.1 Å². The van der Waals surface area contributed by atoms with E-state index in [4.69, 9.17) is 9.63 Å². The molecule has 0 aliphatic carbocycles. The Morgan fingerprint density at radius 2 is 1.81 bits per heavy atom. The molecular formula is C16H20N4O6S. The van der Waals surface area contributed by atoms with E-state index < -0.39 is 28.1 Å². The Morgan fingerprint density at radius 3 is 2.30 bits per heavy atom. The Hall–Kier alpha value is -3.08. The third kappa shape index (κ3) is 5.45. The van der Waals surface area contributed by atoms with Crippen LogP contribution in [0.15, 0.2) is 39.8 Å². The van der Waals surface area contributed by atoms with Crippen LogP contribution in [0.4, 0.5) is 16.3 Å². The van der Waals surface area contributed by atoms with Crippen molar-refractivity contribution in [2.75, 3.05) is 10.0 Å². The molecule has 0 aliphatic rings. The topological polar surface area (TPSA) is 151 Å². The number of carbonyl (C=O) groups is 2. The number of aromatic nitrogens is 1. The van der Waals surface area contributed by atoms with Gasteiger partial charge in [0.15, 0.2) is 5.82 Å². The van der Waals surface area contributed by atoms with Crippen LogP contribution in [0.5, 0.6) is 0 Å². The summed E-state index contributed by atoms with van der Waals surface area (Å²) < 4.78 is 31.6. The van der Waals surface area contributed by atoms with Gasteiger partial charge in [0, 0.05) is 11.8 Å². The third-order valence-corrected chi connectivity index (χ3v) is 4.88.